The topological polar surface area (TPSA) is 21.3 Å². The van der Waals surface area contributed by atoms with E-state index in [4.69, 9.17) is 4.74 Å². The monoisotopic (exact) mass is 275 g/mol. The fourth-order valence-corrected chi connectivity index (χ4v) is 2.30. The molecule has 0 bridgehead atoms. The first-order valence-corrected chi connectivity index (χ1v) is 8.27. The van der Waals surface area contributed by atoms with Crippen LogP contribution in [0.5, 0.6) is 0 Å². The van der Waals surface area contributed by atoms with Crippen LogP contribution in [0.4, 0.5) is 0 Å². The van der Waals surface area contributed by atoms with Gasteiger partial charge in [0, 0.05) is 19.2 Å². The van der Waals surface area contributed by atoms with Gasteiger partial charge >= 0.3 is 0 Å². The molecule has 1 aromatic rings. The molecule has 1 fully saturated rings. The molecule has 2 rings (SSSR count). The van der Waals surface area contributed by atoms with Gasteiger partial charge in [-0.2, -0.15) is 0 Å². The molecule has 112 valence electrons. The molecular weight excluding hydrogens is 246 g/mol. The summed E-state index contributed by atoms with van der Waals surface area (Å²) < 4.78 is 5.73. The van der Waals surface area contributed by atoms with Gasteiger partial charge in [0.25, 0.3) is 0 Å². The Hall–Kier alpha value is -0.860. The highest BCUT2D eigenvalue weighted by Gasteiger charge is 2.19. The molecule has 0 spiro atoms. The SMILES string of the molecule is CCCCCCCOCc1ccc(CNC2CC2)cc1. The van der Waals surface area contributed by atoms with Crippen LogP contribution in [-0.2, 0) is 17.9 Å². The van der Waals surface area contributed by atoms with Crippen LogP contribution in [-0.4, -0.2) is 12.6 Å². The number of ether oxygens (including phenoxy) is 1. The van der Waals surface area contributed by atoms with Crippen molar-refractivity contribution in [2.45, 2.75) is 71.1 Å². The fraction of sp³-hybridized carbons (Fsp3) is 0.667. The lowest BCUT2D eigenvalue weighted by atomic mass is 10.1. The van der Waals surface area contributed by atoms with Gasteiger partial charge in [-0.3, -0.25) is 0 Å². The first-order chi connectivity index (χ1) is 9.88. The summed E-state index contributed by atoms with van der Waals surface area (Å²) in [5.74, 6) is 0. The van der Waals surface area contributed by atoms with Crippen molar-refractivity contribution < 1.29 is 4.74 Å². The van der Waals surface area contributed by atoms with Crippen molar-refractivity contribution in [3.05, 3.63) is 35.4 Å². The zero-order valence-corrected chi connectivity index (χ0v) is 12.9. The van der Waals surface area contributed by atoms with E-state index >= 15 is 0 Å². The Balaban J connectivity index is 1.53. The van der Waals surface area contributed by atoms with Crippen molar-refractivity contribution in [2.24, 2.45) is 0 Å². The van der Waals surface area contributed by atoms with Crippen molar-refractivity contribution in [2.75, 3.05) is 6.61 Å². The molecule has 2 nitrogen and oxygen atoms in total. The van der Waals surface area contributed by atoms with E-state index in [9.17, 15) is 0 Å². The van der Waals surface area contributed by atoms with Gasteiger partial charge in [0.05, 0.1) is 6.61 Å². The summed E-state index contributed by atoms with van der Waals surface area (Å²) in [5.41, 5.74) is 2.66. The third-order valence-corrected chi connectivity index (χ3v) is 3.86. The zero-order chi connectivity index (χ0) is 14.0. The lowest BCUT2D eigenvalue weighted by Gasteiger charge is -2.06. The average molecular weight is 275 g/mol. The number of unbranched alkanes of at least 4 members (excludes halogenated alkanes) is 4. The van der Waals surface area contributed by atoms with Gasteiger partial charge in [-0.1, -0.05) is 56.9 Å². The smallest absolute Gasteiger partial charge is 0.0716 e. The number of rotatable bonds is 11. The molecular formula is C18H29NO. The van der Waals surface area contributed by atoms with Crippen molar-refractivity contribution in [3.8, 4) is 0 Å². The van der Waals surface area contributed by atoms with Crippen LogP contribution in [0.15, 0.2) is 24.3 Å². The molecule has 1 N–H and O–H groups in total. The Labute approximate surface area is 123 Å². The molecule has 1 aliphatic rings. The highest BCUT2D eigenvalue weighted by molar-refractivity contribution is 5.22. The predicted molar refractivity (Wildman–Crippen MR) is 84.7 cm³/mol. The first kappa shape index (κ1) is 15.5. The number of benzene rings is 1. The molecule has 0 saturated heterocycles. The summed E-state index contributed by atoms with van der Waals surface area (Å²) in [5, 5.41) is 3.54. The van der Waals surface area contributed by atoms with Crippen LogP contribution < -0.4 is 5.32 Å². The maximum Gasteiger partial charge on any atom is 0.0716 e. The van der Waals surface area contributed by atoms with Gasteiger partial charge in [0.15, 0.2) is 0 Å². The third-order valence-electron chi connectivity index (χ3n) is 3.86. The van der Waals surface area contributed by atoms with Gasteiger partial charge in [0.1, 0.15) is 0 Å². The predicted octanol–water partition coefficient (Wildman–Crippen LogP) is 4.43. The quantitative estimate of drug-likeness (QED) is 0.603. The van der Waals surface area contributed by atoms with E-state index in [0.717, 1.165) is 25.8 Å². The van der Waals surface area contributed by atoms with E-state index in [2.05, 4.69) is 36.5 Å². The molecule has 0 aromatic heterocycles. The van der Waals surface area contributed by atoms with Gasteiger partial charge in [-0.15, -0.1) is 0 Å². The molecule has 0 unspecified atom stereocenters. The maximum absolute atomic E-state index is 5.73. The van der Waals surface area contributed by atoms with Crippen LogP contribution in [0.1, 0.15) is 63.0 Å². The van der Waals surface area contributed by atoms with E-state index in [0.29, 0.717) is 0 Å². The van der Waals surface area contributed by atoms with Crippen molar-refractivity contribution in [3.63, 3.8) is 0 Å². The van der Waals surface area contributed by atoms with Gasteiger partial charge in [-0.05, 0) is 30.4 Å². The molecule has 0 aliphatic heterocycles. The van der Waals surface area contributed by atoms with Gasteiger partial charge < -0.3 is 10.1 Å². The number of hydrogen-bond donors (Lipinski definition) is 1. The van der Waals surface area contributed by atoms with E-state index in [-0.39, 0.29) is 0 Å². The molecule has 0 radical (unpaired) electrons. The second kappa shape index (κ2) is 9.15. The van der Waals surface area contributed by atoms with E-state index in [1.54, 1.807) is 0 Å². The Morgan fingerprint density at radius 1 is 1.00 bits per heavy atom. The molecule has 0 heterocycles. The van der Waals surface area contributed by atoms with Crippen molar-refractivity contribution in [1.82, 2.24) is 5.32 Å². The zero-order valence-electron chi connectivity index (χ0n) is 12.9. The number of hydrogen-bond acceptors (Lipinski definition) is 2. The Bertz CT molecular complexity index is 356. The minimum absolute atomic E-state index is 0.754. The van der Waals surface area contributed by atoms with Crippen LogP contribution in [0.2, 0.25) is 0 Å². The van der Waals surface area contributed by atoms with Crippen LogP contribution in [0.3, 0.4) is 0 Å². The lowest BCUT2D eigenvalue weighted by Crippen LogP contribution is -2.15. The van der Waals surface area contributed by atoms with E-state index in [1.165, 1.54) is 56.1 Å². The maximum atomic E-state index is 5.73. The molecule has 1 saturated carbocycles. The fourth-order valence-electron chi connectivity index (χ4n) is 2.30. The van der Waals surface area contributed by atoms with Gasteiger partial charge in [-0.25, -0.2) is 0 Å². The van der Waals surface area contributed by atoms with Crippen LogP contribution in [0.25, 0.3) is 0 Å². The number of nitrogens with one attached hydrogen (secondary N) is 1. The summed E-state index contributed by atoms with van der Waals surface area (Å²) in [6.45, 7) is 4.91. The van der Waals surface area contributed by atoms with E-state index < -0.39 is 0 Å². The van der Waals surface area contributed by atoms with Crippen molar-refractivity contribution in [1.29, 1.82) is 0 Å². The molecule has 20 heavy (non-hydrogen) atoms. The van der Waals surface area contributed by atoms with Crippen molar-refractivity contribution >= 4 is 0 Å². The third kappa shape index (κ3) is 6.53. The normalized spacial score (nSPS) is 14.7. The highest BCUT2D eigenvalue weighted by atomic mass is 16.5. The molecule has 0 atom stereocenters. The first-order valence-electron chi connectivity index (χ1n) is 8.27. The molecule has 0 amide bonds. The second-order valence-electron chi connectivity index (χ2n) is 5.94. The molecule has 1 aromatic carbocycles. The standard InChI is InChI=1S/C18H29NO/c1-2-3-4-5-6-13-20-15-17-9-7-16(8-10-17)14-19-18-11-12-18/h7-10,18-19H,2-6,11-15H2,1H3. The minimum atomic E-state index is 0.754. The minimum Gasteiger partial charge on any atom is -0.377 e. The summed E-state index contributed by atoms with van der Waals surface area (Å²) in [6.07, 6.45) is 9.22. The molecule has 2 heteroatoms. The van der Waals surface area contributed by atoms with Crippen LogP contribution in [0, 0.1) is 0 Å². The summed E-state index contributed by atoms with van der Waals surface area (Å²) in [7, 11) is 0. The molecule has 1 aliphatic carbocycles. The Kier molecular flexibility index (Phi) is 7.10. The second-order valence-corrected chi connectivity index (χ2v) is 5.94. The van der Waals surface area contributed by atoms with Gasteiger partial charge in [0.2, 0.25) is 0 Å². The Morgan fingerprint density at radius 2 is 1.70 bits per heavy atom. The highest BCUT2D eigenvalue weighted by Crippen LogP contribution is 2.19. The summed E-state index contributed by atoms with van der Waals surface area (Å²) >= 11 is 0. The van der Waals surface area contributed by atoms with E-state index in [1.807, 2.05) is 0 Å². The Morgan fingerprint density at radius 3 is 2.40 bits per heavy atom. The largest absolute Gasteiger partial charge is 0.377 e. The summed E-state index contributed by atoms with van der Waals surface area (Å²) in [4.78, 5) is 0. The summed E-state index contributed by atoms with van der Waals surface area (Å²) in [6, 6.07) is 9.61. The lowest BCUT2D eigenvalue weighted by molar-refractivity contribution is 0.116. The average Bonchev–Trinajstić information content (AvgIpc) is 3.30. The van der Waals surface area contributed by atoms with Crippen LogP contribution >= 0.6 is 0 Å².